The van der Waals surface area contributed by atoms with Gasteiger partial charge in [-0.3, -0.25) is 4.79 Å². The monoisotopic (exact) mass is 490 g/mol. The molecule has 1 aliphatic rings. The molecule has 1 fully saturated rings. The molecule has 37 heavy (non-hydrogen) atoms. The molecule has 0 amide bonds. The van der Waals surface area contributed by atoms with Gasteiger partial charge in [-0.05, 0) is 92.0 Å². The Morgan fingerprint density at radius 1 is 0.595 bits per heavy atom. The lowest BCUT2D eigenvalue weighted by Crippen LogP contribution is -2.27. The van der Waals surface area contributed by atoms with E-state index in [0.717, 1.165) is 42.6 Å². The van der Waals surface area contributed by atoms with Gasteiger partial charge in [0.1, 0.15) is 11.5 Å². The van der Waals surface area contributed by atoms with Gasteiger partial charge < -0.3 is 9.47 Å². The highest BCUT2D eigenvalue weighted by atomic mass is 16.5. The van der Waals surface area contributed by atoms with Gasteiger partial charge in [-0.2, -0.15) is 0 Å². The van der Waals surface area contributed by atoms with Crippen LogP contribution in [0.3, 0.4) is 0 Å². The van der Waals surface area contributed by atoms with Crippen LogP contribution < -0.4 is 9.47 Å². The molecule has 4 aromatic carbocycles. The highest BCUT2D eigenvalue weighted by Gasteiger charge is 2.28. The molecule has 3 nitrogen and oxygen atoms in total. The standard InChI is InChI=1S/C34H34O3/c1-24-3-9-27(10-4-24)29-15-19-32(20-16-29)36-23-26-7-13-31(14-8-26)34(35)37-33-21-17-30(18-22-33)28-11-5-25(2)6-12-28/h3-6,9-12,15-22,26,31H,7-8,13-14,23H2,1-2H3. The van der Waals surface area contributed by atoms with Crippen LogP contribution >= 0.6 is 0 Å². The van der Waals surface area contributed by atoms with Gasteiger partial charge in [-0.15, -0.1) is 0 Å². The van der Waals surface area contributed by atoms with Gasteiger partial charge in [0.25, 0.3) is 0 Å². The number of aryl methyl sites for hydroxylation is 2. The van der Waals surface area contributed by atoms with Crippen molar-refractivity contribution in [2.45, 2.75) is 39.5 Å². The Balaban J connectivity index is 1.06. The van der Waals surface area contributed by atoms with E-state index in [9.17, 15) is 4.79 Å². The van der Waals surface area contributed by atoms with Crippen molar-refractivity contribution in [1.29, 1.82) is 0 Å². The molecule has 4 aromatic rings. The van der Waals surface area contributed by atoms with Gasteiger partial charge in [-0.25, -0.2) is 0 Å². The number of benzene rings is 4. The van der Waals surface area contributed by atoms with E-state index in [2.05, 4.69) is 74.5 Å². The van der Waals surface area contributed by atoms with E-state index in [0.29, 0.717) is 18.3 Å². The topological polar surface area (TPSA) is 35.5 Å². The van der Waals surface area contributed by atoms with E-state index >= 15 is 0 Å². The first-order valence-corrected chi connectivity index (χ1v) is 13.2. The van der Waals surface area contributed by atoms with Crippen molar-refractivity contribution in [3.63, 3.8) is 0 Å². The molecule has 0 spiro atoms. The molecule has 0 atom stereocenters. The van der Waals surface area contributed by atoms with Gasteiger partial charge in [0, 0.05) is 0 Å². The molecule has 0 bridgehead atoms. The summed E-state index contributed by atoms with van der Waals surface area (Å²) in [7, 11) is 0. The molecule has 0 N–H and O–H groups in total. The summed E-state index contributed by atoms with van der Waals surface area (Å²) in [4.78, 5) is 12.8. The van der Waals surface area contributed by atoms with Crippen LogP contribution in [0.2, 0.25) is 0 Å². The Hall–Kier alpha value is -3.85. The fraction of sp³-hybridized carbons (Fsp3) is 0.265. The molecular formula is C34H34O3. The van der Waals surface area contributed by atoms with Crippen molar-refractivity contribution in [1.82, 2.24) is 0 Å². The third-order valence-electron chi connectivity index (χ3n) is 7.36. The number of hydrogen-bond donors (Lipinski definition) is 0. The van der Waals surface area contributed by atoms with Crippen molar-refractivity contribution >= 4 is 5.97 Å². The number of rotatable bonds is 7. The van der Waals surface area contributed by atoms with Crippen molar-refractivity contribution in [3.8, 4) is 33.8 Å². The average molecular weight is 491 g/mol. The quantitative estimate of drug-likeness (QED) is 0.193. The first-order chi connectivity index (χ1) is 18.0. The molecule has 0 aliphatic heterocycles. The predicted octanol–water partition coefficient (Wildman–Crippen LogP) is 8.43. The summed E-state index contributed by atoms with van der Waals surface area (Å²) in [5.41, 5.74) is 7.18. The summed E-state index contributed by atoms with van der Waals surface area (Å²) in [6, 6.07) is 33.1. The molecule has 1 saturated carbocycles. The van der Waals surface area contributed by atoms with Crippen molar-refractivity contribution in [2.24, 2.45) is 11.8 Å². The zero-order valence-electron chi connectivity index (χ0n) is 21.7. The average Bonchev–Trinajstić information content (AvgIpc) is 2.94. The largest absolute Gasteiger partial charge is 0.493 e. The fourth-order valence-electron chi connectivity index (χ4n) is 4.93. The van der Waals surface area contributed by atoms with Crippen LogP contribution in [-0.4, -0.2) is 12.6 Å². The Morgan fingerprint density at radius 3 is 1.46 bits per heavy atom. The second kappa shape index (κ2) is 11.5. The van der Waals surface area contributed by atoms with E-state index in [1.165, 1.54) is 22.3 Å². The Bertz CT molecular complexity index is 1300. The van der Waals surface area contributed by atoms with Crippen LogP contribution in [-0.2, 0) is 4.79 Å². The van der Waals surface area contributed by atoms with Gasteiger partial charge in [-0.1, -0.05) is 83.9 Å². The zero-order valence-corrected chi connectivity index (χ0v) is 21.7. The van der Waals surface area contributed by atoms with Crippen LogP contribution in [0.1, 0.15) is 36.8 Å². The molecular weight excluding hydrogens is 456 g/mol. The van der Waals surface area contributed by atoms with E-state index in [-0.39, 0.29) is 11.9 Å². The smallest absolute Gasteiger partial charge is 0.314 e. The maximum absolute atomic E-state index is 12.8. The van der Waals surface area contributed by atoms with Crippen LogP contribution in [0, 0.1) is 25.7 Å². The summed E-state index contributed by atoms with van der Waals surface area (Å²) in [6.07, 6.45) is 3.66. The molecule has 0 aromatic heterocycles. The number of ether oxygens (including phenoxy) is 2. The lowest BCUT2D eigenvalue weighted by Gasteiger charge is -2.27. The lowest BCUT2D eigenvalue weighted by molar-refractivity contribution is -0.140. The molecule has 1 aliphatic carbocycles. The summed E-state index contributed by atoms with van der Waals surface area (Å²) in [5.74, 6) is 1.82. The molecule has 0 unspecified atom stereocenters. The van der Waals surface area contributed by atoms with E-state index in [1.807, 2.05) is 36.4 Å². The maximum Gasteiger partial charge on any atom is 0.314 e. The summed E-state index contributed by atoms with van der Waals surface area (Å²) in [5, 5.41) is 0. The van der Waals surface area contributed by atoms with E-state index in [4.69, 9.17) is 9.47 Å². The second-order valence-electron chi connectivity index (χ2n) is 10.2. The van der Waals surface area contributed by atoms with Gasteiger partial charge in [0.15, 0.2) is 0 Å². The van der Waals surface area contributed by atoms with Crippen LogP contribution in [0.4, 0.5) is 0 Å². The number of esters is 1. The van der Waals surface area contributed by atoms with Crippen molar-refractivity contribution in [2.75, 3.05) is 6.61 Å². The zero-order chi connectivity index (χ0) is 25.6. The van der Waals surface area contributed by atoms with Gasteiger partial charge >= 0.3 is 5.97 Å². The van der Waals surface area contributed by atoms with Crippen molar-refractivity contribution in [3.05, 3.63) is 108 Å². The molecule has 5 rings (SSSR count). The molecule has 0 saturated heterocycles. The number of carbonyl (C=O) groups excluding carboxylic acids is 1. The van der Waals surface area contributed by atoms with Crippen molar-refractivity contribution < 1.29 is 14.3 Å². The third kappa shape index (κ3) is 6.48. The molecule has 0 radical (unpaired) electrons. The number of carbonyl (C=O) groups is 1. The first kappa shape index (κ1) is 24.8. The summed E-state index contributed by atoms with van der Waals surface area (Å²) < 4.78 is 11.8. The highest BCUT2D eigenvalue weighted by Crippen LogP contribution is 2.31. The van der Waals surface area contributed by atoms with Gasteiger partial charge in [0.2, 0.25) is 0 Å². The summed E-state index contributed by atoms with van der Waals surface area (Å²) >= 11 is 0. The Kier molecular flexibility index (Phi) is 7.70. The third-order valence-corrected chi connectivity index (χ3v) is 7.36. The second-order valence-corrected chi connectivity index (χ2v) is 10.2. The van der Waals surface area contributed by atoms with Crippen LogP contribution in [0.15, 0.2) is 97.1 Å². The number of hydrogen-bond acceptors (Lipinski definition) is 3. The molecule has 3 heteroatoms. The van der Waals surface area contributed by atoms with Crippen LogP contribution in [0.25, 0.3) is 22.3 Å². The highest BCUT2D eigenvalue weighted by molar-refractivity contribution is 5.75. The SMILES string of the molecule is Cc1ccc(-c2ccc(OCC3CCC(C(=O)Oc4ccc(-c5ccc(C)cc5)cc4)CC3)cc2)cc1. The minimum atomic E-state index is -0.117. The van der Waals surface area contributed by atoms with Gasteiger partial charge in [0.05, 0.1) is 12.5 Å². The fourth-order valence-corrected chi connectivity index (χ4v) is 4.93. The molecule has 0 heterocycles. The lowest BCUT2D eigenvalue weighted by atomic mass is 9.82. The minimum Gasteiger partial charge on any atom is -0.493 e. The normalized spacial score (nSPS) is 17.2. The van der Waals surface area contributed by atoms with Crippen LogP contribution in [0.5, 0.6) is 11.5 Å². The van der Waals surface area contributed by atoms with E-state index in [1.54, 1.807) is 0 Å². The Morgan fingerprint density at radius 2 is 1.00 bits per heavy atom. The predicted molar refractivity (Wildman–Crippen MR) is 150 cm³/mol. The molecule has 188 valence electrons. The van der Waals surface area contributed by atoms with E-state index < -0.39 is 0 Å². The maximum atomic E-state index is 12.8. The Labute approximate surface area is 220 Å². The minimum absolute atomic E-state index is 0.0400. The summed E-state index contributed by atoms with van der Waals surface area (Å²) in [6.45, 7) is 4.87. The first-order valence-electron chi connectivity index (χ1n) is 13.2.